The van der Waals surface area contributed by atoms with E-state index in [1.807, 2.05) is 17.5 Å². The molecule has 3 rings (SSSR count). The Bertz CT molecular complexity index is 928. The molecule has 0 radical (unpaired) electrons. The fraction of sp³-hybridized carbons (Fsp3) is 0.133. The fourth-order valence-corrected chi connectivity index (χ4v) is 3.40. The van der Waals surface area contributed by atoms with Crippen LogP contribution in [0.25, 0.3) is 21.3 Å². The molecule has 112 valence electrons. The Hall–Kier alpha value is -2.18. The average Bonchev–Trinajstić information content (AvgIpc) is 2.88. The number of aliphatic carboxylic acids is 1. The maximum Gasteiger partial charge on any atom is 0.323 e. The molecule has 0 atom stereocenters. The molecular formula is C15H11ClN2O3S. The van der Waals surface area contributed by atoms with E-state index in [0.29, 0.717) is 21.1 Å². The number of halogens is 1. The predicted molar refractivity (Wildman–Crippen MR) is 86.7 cm³/mol. The first-order chi connectivity index (χ1) is 10.5. The van der Waals surface area contributed by atoms with Crippen molar-refractivity contribution in [1.82, 2.24) is 9.55 Å². The van der Waals surface area contributed by atoms with Gasteiger partial charge in [-0.25, -0.2) is 4.98 Å². The predicted octanol–water partition coefficient (Wildman–Crippen LogP) is 3.17. The van der Waals surface area contributed by atoms with E-state index in [1.54, 1.807) is 19.1 Å². The van der Waals surface area contributed by atoms with E-state index < -0.39 is 12.5 Å². The van der Waals surface area contributed by atoms with E-state index in [2.05, 4.69) is 4.98 Å². The van der Waals surface area contributed by atoms with Crippen LogP contribution in [0.5, 0.6) is 0 Å². The molecule has 7 heteroatoms. The van der Waals surface area contributed by atoms with Crippen molar-refractivity contribution in [2.75, 3.05) is 0 Å². The third-order valence-corrected chi connectivity index (χ3v) is 4.46. The quantitative estimate of drug-likeness (QED) is 0.798. The third kappa shape index (κ3) is 2.51. The zero-order chi connectivity index (χ0) is 15.9. The van der Waals surface area contributed by atoms with Gasteiger partial charge in [-0.05, 0) is 24.6 Å². The van der Waals surface area contributed by atoms with Gasteiger partial charge in [-0.3, -0.25) is 14.2 Å². The van der Waals surface area contributed by atoms with Gasteiger partial charge in [-0.2, -0.15) is 0 Å². The Balaban J connectivity index is 2.27. The zero-order valence-corrected chi connectivity index (χ0v) is 13.1. The summed E-state index contributed by atoms with van der Waals surface area (Å²) in [6.45, 7) is 1.23. The monoisotopic (exact) mass is 334 g/mol. The van der Waals surface area contributed by atoms with Crippen molar-refractivity contribution in [1.29, 1.82) is 0 Å². The maximum absolute atomic E-state index is 12.6. The molecule has 0 aliphatic carbocycles. The fourth-order valence-electron chi connectivity index (χ4n) is 2.29. The Morgan fingerprint density at radius 2 is 2.05 bits per heavy atom. The highest BCUT2D eigenvalue weighted by Crippen LogP contribution is 2.31. The first kappa shape index (κ1) is 14.7. The van der Waals surface area contributed by atoms with Crippen molar-refractivity contribution < 1.29 is 9.90 Å². The lowest BCUT2D eigenvalue weighted by Gasteiger charge is -2.07. The van der Waals surface area contributed by atoms with Crippen LogP contribution >= 0.6 is 22.9 Å². The molecule has 2 heterocycles. The van der Waals surface area contributed by atoms with Gasteiger partial charge >= 0.3 is 5.97 Å². The molecule has 0 saturated carbocycles. The summed E-state index contributed by atoms with van der Waals surface area (Å²) in [5, 5.41) is 11.9. The molecule has 5 nitrogen and oxygen atoms in total. The van der Waals surface area contributed by atoms with Crippen molar-refractivity contribution in [3.63, 3.8) is 0 Å². The number of rotatable bonds is 3. The molecule has 0 aliphatic rings. The number of nitrogens with zero attached hydrogens (tertiary/aromatic N) is 2. The highest BCUT2D eigenvalue weighted by atomic mass is 35.5. The smallest absolute Gasteiger partial charge is 0.323 e. The third-order valence-electron chi connectivity index (χ3n) is 3.33. The van der Waals surface area contributed by atoms with Crippen LogP contribution < -0.4 is 5.56 Å². The summed E-state index contributed by atoms with van der Waals surface area (Å²) in [4.78, 5) is 28.5. The SMILES string of the molecule is Cc1nc2scc(-c3ccc(Cl)cc3)c2c(=O)n1CC(=O)O. The molecule has 1 aromatic carbocycles. The largest absolute Gasteiger partial charge is 0.480 e. The van der Waals surface area contributed by atoms with E-state index >= 15 is 0 Å². The van der Waals surface area contributed by atoms with Gasteiger partial charge in [0.15, 0.2) is 0 Å². The van der Waals surface area contributed by atoms with Gasteiger partial charge in [0.05, 0.1) is 5.39 Å². The van der Waals surface area contributed by atoms with Crippen molar-refractivity contribution in [3.05, 3.63) is 50.8 Å². The van der Waals surface area contributed by atoms with E-state index in [1.165, 1.54) is 15.9 Å². The Kier molecular flexibility index (Phi) is 3.72. The van der Waals surface area contributed by atoms with Gasteiger partial charge in [0.25, 0.3) is 5.56 Å². The number of fused-ring (bicyclic) bond motifs is 1. The molecule has 22 heavy (non-hydrogen) atoms. The number of carboxylic acid groups (broad SMARTS) is 1. The summed E-state index contributed by atoms with van der Waals surface area (Å²) in [5.74, 6) is -0.681. The minimum atomic E-state index is -1.07. The van der Waals surface area contributed by atoms with Crippen LogP contribution in [0.4, 0.5) is 0 Å². The normalized spacial score (nSPS) is 11.0. The van der Waals surface area contributed by atoms with Crippen LogP contribution in [-0.4, -0.2) is 20.6 Å². The lowest BCUT2D eigenvalue weighted by Crippen LogP contribution is -2.27. The topological polar surface area (TPSA) is 72.2 Å². The summed E-state index contributed by atoms with van der Waals surface area (Å²) in [6, 6.07) is 7.14. The zero-order valence-electron chi connectivity index (χ0n) is 11.5. The first-order valence-corrected chi connectivity index (χ1v) is 7.69. The number of aromatic nitrogens is 2. The van der Waals surface area contributed by atoms with E-state index in [9.17, 15) is 9.59 Å². The molecule has 0 aliphatic heterocycles. The second-order valence-electron chi connectivity index (χ2n) is 4.78. The second-order valence-corrected chi connectivity index (χ2v) is 6.08. The summed E-state index contributed by atoms with van der Waals surface area (Å²) in [7, 11) is 0. The Morgan fingerprint density at radius 1 is 1.36 bits per heavy atom. The molecule has 3 aromatic rings. The standard InChI is InChI=1S/C15H11ClN2O3S/c1-8-17-14-13(15(21)18(8)6-12(19)20)11(7-22-14)9-2-4-10(16)5-3-9/h2-5,7H,6H2,1H3,(H,19,20). The van der Waals surface area contributed by atoms with Crippen LogP contribution in [0, 0.1) is 6.92 Å². The van der Waals surface area contributed by atoms with Gasteiger partial charge in [0.1, 0.15) is 17.2 Å². The van der Waals surface area contributed by atoms with Crippen molar-refractivity contribution in [2.45, 2.75) is 13.5 Å². The number of hydrogen-bond donors (Lipinski definition) is 1. The Labute approximate surface area is 134 Å². The van der Waals surface area contributed by atoms with Crippen LogP contribution in [0.3, 0.4) is 0 Å². The van der Waals surface area contributed by atoms with Gasteiger partial charge in [0, 0.05) is 16.0 Å². The summed E-state index contributed by atoms with van der Waals surface area (Å²) in [6.07, 6.45) is 0. The van der Waals surface area contributed by atoms with Gasteiger partial charge < -0.3 is 5.11 Å². The minimum Gasteiger partial charge on any atom is -0.480 e. The highest BCUT2D eigenvalue weighted by Gasteiger charge is 2.16. The second kappa shape index (κ2) is 5.55. The molecule has 0 unspecified atom stereocenters. The van der Waals surface area contributed by atoms with E-state index in [-0.39, 0.29) is 5.56 Å². The summed E-state index contributed by atoms with van der Waals surface area (Å²) in [5.41, 5.74) is 1.25. The van der Waals surface area contributed by atoms with Crippen LogP contribution in [0.15, 0.2) is 34.4 Å². The number of benzene rings is 1. The number of hydrogen-bond acceptors (Lipinski definition) is 4. The van der Waals surface area contributed by atoms with Gasteiger partial charge in [-0.15, -0.1) is 11.3 Å². The summed E-state index contributed by atoms with van der Waals surface area (Å²) < 4.78 is 1.18. The molecule has 0 spiro atoms. The van der Waals surface area contributed by atoms with Gasteiger partial charge in [0.2, 0.25) is 0 Å². The van der Waals surface area contributed by atoms with Crippen LogP contribution in [-0.2, 0) is 11.3 Å². The molecule has 0 bridgehead atoms. The van der Waals surface area contributed by atoms with Crippen molar-refractivity contribution in [3.8, 4) is 11.1 Å². The molecular weight excluding hydrogens is 324 g/mol. The van der Waals surface area contributed by atoms with Gasteiger partial charge in [-0.1, -0.05) is 23.7 Å². The number of carboxylic acids is 1. The van der Waals surface area contributed by atoms with Crippen LogP contribution in [0.1, 0.15) is 5.82 Å². The number of aryl methyl sites for hydroxylation is 1. The molecule has 0 saturated heterocycles. The summed E-state index contributed by atoms with van der Waals surface area (Å²) >= 11 is 7.25. The van der Waals surface area contributed by atoms with E-state index in [4.69, 9.17) is 16.7 Å². The lowest BCUT2D eigenvalue weighted by atomic mass is 10.1. The Morgan fingerprint density at radius 3 is 2.68 bits per heavy atom. The van der Waals surface area contributed by atoms with Crippen molar-refractivity contribution in [2.24, 2.45) is 0 Å². The number of carbonyl (C=O) groups is 1. The molecule has 1 N–H and O–H groups in total. The minimum absolute atomic E-state index is 0.337. The highest BCUT2D eigenvalue weighted by molar-refractivity contribution is 7.17. The molecule has 2 aromatic heterocycles. The molecule has 0 fully saturated rings. The number of thiophene rings is 1. The van der Waals surface area contributed by atoms with E-state index in [0.717, 1.165) is 11.1 Å². The first-order valence-electron chi connectivity index (χ1n) is 6.43. The van der Waals surface area contributed by atoms with Crippen LogP contribution in [0.2, 0.25) is 5.02 Å². The lowest BCUT2D eigenvalue weighted by molar-refractivity contribution is -0.137. The van der Waals surface area contributed by atoms with Crippen molar-refractivity contribution >= 4 is 39.1 Å². The average molecular weight is 335 g/mol. The molecule has 0 amide bonds. The maximum atomic E-state index is 12.6.